The van der Waals surface area contributed by atoms with E-state index in [0.29, 0.717) is 23.9 Å². The monoisotopic (exact) mass is 1100 g/mol. The van der Waals surface area contributed by atoms with Crippen LogP contribution in [0.1, 0.15) is 83.5 Å². The largest absolute Gasteiger partial charge is 0.417 e. The fraction of sp³-hybridized carbons (Fsp3) is 0.176. The molecule has 0 N–H and O–H groups in total. The second kappa shape index (κ2) is 19.0. The van der Waals surface area contributed by atoms with E-state index in [1.54, 1.807) is 12.1 Å². The average molecular weight is 1100 g/mol. The van der Waals surface area contributed by atoms with E-state index in [1.165, 1.54) is 5.56 Å². The number of hydrogen-bond donors (Lipinski definition) is 0. The first-order chi connectivity index (χ1) is 39.4. The van der Waals surface area contributed by atoms with Gasteiger partial charge in [0.05, 0.1) is 56.2 Å². The number of hydrogen-bond acceptors (Lipinski definition) is 1. The SMILES string of the molecule is Cc1cc(C)c(-c2ccc3c(c2)c2cc4ccc2n3-c2cc(C#N)c(-c3ccc(C(F)(F)F)cc3C(F)(F)F)cc2-n2c3ccc(-c5c(C)cc(C)cc5C)cc3c3cc(ccc32)-c2c(C)cc(C)cc2Cc2cc(C)cc(C)c2-4)c(C)c1. The van der Waals surface area contributed by atoms with Crippen LogP contribution < -0.4 is 0 Å². The van der Waals surface area contributed by atoms with Crippen molar-refractivity contribution in [2.45, 2.75) is 88.0 Å². The Balaban J connectivity index is 1.25. The second-order valence-corrected chi connectivity index (χ2v) is 23.3. The zero-order valence-corrected chi connectivity index (χ0v) is 47.8. The zero-order valence-electron chi connectivity index (χ0n) is 47.8. The molecule has 6 heterocycles. The van der Waals surface area contributed by atoms with Gasteiger partial charge >= 0.3 is 12.4 Å². The summed E-state index contributed by atoms with van der Waals surface area (Å²) in [4.78, 5) is 0. The molecule has 8 bridgehead atoms. The summed E-state index contributed by atoms with van der Waals surface area (Å²) in [5.74, 6) is 0. The van der Waals surface area contributed by atoms with Crippen molar-refractivity contribution >= 4 is 43.6 Å². The highest BCUT2D eigenvalue weighted by Gasteiger charge is 2.39. The summed E-state index contributed by atoms with van der Waals surface area (Å²) in [7, 11) is 0. The molecule has 0 saturated carbocycles. The minimum Gasteiger partial charge on any atom is -0.307 e. The molecule has 0 saturated heterocycles. The average Bonchev–Trinajstić information content (AvgIpc) is 1.90. The van der Waals surface area contributed by atoms with Crippen LogP contribution in [-0.4, -0.2) is 9.13 Å². The Morgan fingerprint density at radius 2 is 0.711 bits per heavy atom. The van der Waals surface area contributed by atoms with Gasteiger partial charge in [-0.15, -0.1) is 0 Å². The van der Waals surface area contributed by atoms with Crippen LogP contribution in [-0.2, 0) is 18.8 Å². The standard InChI is InChI=1S/C74H57F6N3/c1-38-21-42(5)69(43(6)22-38)48-11-17-63-58(30-48)60-32-50-13-19-64(60)82(63)67-34-54(37-81)57(56-16-15-55(73(75,76)77)35-62(56)74(78,79)80)36-68(67)83-65-18-12-49(70-44(7)23-39(2)24-45(70)8)31-59(65)61-33-51(14-20-66(61)83)72-47(10)26-41(4)28-53(72)29-52-27-40(3)25-46(9)71(50)52/h11-28,30-36H,29H2,1-10H3. The number of nitriles is 1. The van der Waals surface area contributed by atoms with Crippen LogP contribution in [0.25, 0.3) is 111 Å². The van der Waals surface area contributed by atoms with Crippen LogP contribution in [0.3, 0.4) is 0 Å². The highest BCUT2D eigenvalue weighted by Crippen LogP contribution is 2.49. The summed E-state index contributed by atoms with van der Waals surface area (Å²) in [5.41, 5.74) is 22.2. The maximum absolute atomic E-state index is 15.5. The molecule has 0 radical (unpaired) electrons. The zero-order chi connectivity index (χ0) is 58.5. The van der Waals surface area contributed by atoms with Crippen molar-refractivity contribution in [3.63, 3.8) is 0 Å². The Kier molecular flexibility index (Phi) is 12.2. The van der Waals surface area contributed by atoms with Crippen LogP contribution in [0.15, 0.2) is 152 Å². The van der Waals surface area contributed by atoms with Gasteiger partial charge in [0.2, 0.25) is 0 Å². The van der Waals surface area contributed by atoms with E-state index in [1.807, 2.05) is 0 Å². The number of benzene rings is 10. The lowest BCUT2D eigenvalue weighted by Gasteiger charge is -2.22. The predicted molar refractivity (Wildman–Crippen MR) is 327 cm³/mol. The molecule has 410 valence electrons. The quantitative estimate of drug-likeness (QED) is 0.162. The van der Waals surface area contributed by atoms with Gasteiger partial charge in [0, 0.05) is 27.1 Å². The van der Waals surface area contributed by atoms with Crippen LogP contribution >= 0.6 is 0 Å². The van der Waals surface area contributed by atoms with E-state index in [9.17, 15) is 18.4 Å². The molecule has 10 aromatic carbocycles. The molecule has 3 nitrogen and oxygen atoms in total. The van der Waals surface area contributed by atoms with Gasteiger partial charge in [0.1, 0.15) is 0 Å². The van der Waals surface area contributed by atoms with Gasteiger partial charge in [-0.3, -0.25) is 0 Å². The van der Waals surface area contributed by atoms with Gasteiger partial charge in [0.25, 0.3) is 0 Å². The third kappa shape index (κ3) is 8.64. The molecular weight excluding hydrogens is 1040 g/mol. The number of nitrogens with zero attached hydrogens (tertiary/aromatic N) is 3. The van der Waals surface area contributed by atoms with E-state index in [-0.39, 0.29) is 17.2 Å². The Morgan fingerprint density at radius 1 is 0.361 bits per heavy atom. The van der Waals surface area contributed by atoms with Crippen molar-refractivity contribution in [2.75, 3.05) is 0 Å². The van der Waals surface area contributed by atoms with E-state index in [4.69, 9.17) is 0 Å². The molecule has 4 aliphatic rings. The highest BCUT2D eigenvalue weighted by molar-refractivity contribution is 6.15. The number of rotatable bonds is 3. The number of fused-ring (bicyclic) bond motifs is 2. The van der Waals surface area contributed by atoms with Crippen molar-refractivity contribution < 1.29 is 26.3 Å². The van der Waals surface area contributed by atoms with Crippen molar-refractivity contribution in [1.82, 2.24) is 9.13 Å². The molecule has 2 aromatic heterocycles. The molecule has 0 aliphatic carbocycles. The van der Waals surface area contributed by atoms with E-state index in [2.05, 4.69) is 206 Å². The van der Waals surface area contributed by atoms with Gasteiger partial charge in [-0.2, -0.15) is 31.6 Å². The Labute approximate surface area is 478 Å². The minimum absolute atomic E-state index is 0.146. The van der Waals surface area contributed by atoms with Gasteiger partial charge in [-0.1, -0.05) is 101 Å². The van der Waals surface area contributed by atoms with Gasteiger partial charge < -0.3 is 9.13 Å². The fourth-order valence-corrected chi connectivity index (χ4v) is 14.3. The van der Waals surface area contributed by atoms with Crippen LogP contribution in [0.4, 0.5) is 26.3 Å². The lowest BCUT2D eigenvalue weighted by Crippen LogP contribution is -2.13. The van der Waals surface area contributed by atoms with E-state index in [0.717, 1.165) is 155 Å². The maximum atomic E-state index is 15.5. The van der Waals surface area contributed by atoms with Gasteiger partial charge in [-0.05, 0) is 243 Å². The summed E-state index contributed by atoms with van der Waals surface area (Å²) < 4.78 is 93.6. The van der Waals surface area contributed by atoms with Crippen molar-refractivity contribution in [2.24, 2.45) is 0 Å². The molecule has 0 fully saturated rings. The van der Waals surface area contributed by atoms with Crippen molar-refractivity contribution in [3.05, 3.63) is 235 Å². The van der Waals surface area contributed by atoms with Crippen molar-refractivity contribution in [3.8, 4) is 73.1 Å². The first-order valence-corrected chi connectivity index (χ1v) is 27.9. The molecule has 9 heteroatoms. The smallest absolute Gasteiger partial charge is 0.307 e. The molecule has 83 heavy (non-hydrogen) atoms. The van der Waals surface area contributed by atoms with Gasteiger partial charge in [0.15, 0.2) is 0 Å². The summed E-state index contributed by atoms with van der Waals surface area (Å²) in [6.07, 6.45) is -9.65. The molecule has 4 aliphatic heterocycles. The Morgan fingerprint density at radius 3 is 1.07 bits per heavy atom. The molecule has 16 rings (SSSR count). The van der Waals surface area contributed by atoms with Crippen molar-refractivity contribution in [1.29, 1.82) is 5.26 Å². The number of halogens is 6. The number of alkyl halides is 6. The summed E-state index contributed by atoms with van der Waals surface area (Å²) in [6, 6.07) is 50.5. The van der Waals surface area contributed by atoms with E-state index >= 15 is 13.2 Å². The third-order valence-corrected chi connectivity index (χ3v) is 17.2. The topological polar surface area (TPSA) is 33.6 Å². The molecule has 0 spiro atoms. The fourth-order valence-electron chi connectivity index (χ4n) is 14.3. The van der Waals surface area contributed by atoms with Gasteiger partial charge in [-0.25, -0.2) is 0 Å². The van der Waals surface area contributed by atoms with Crippen LogP contribution in [0.5, 0.6) is 0 Å². The van der Waals surface area contributed by atoms with E-state index < -0.39 is 29.0 Å². The summed E-state index contributed by atoms with van der Waals surface area (Å²) in [5, 5.41) is 14.9. The second-order valence-electron chi connectivity index (χ2n) is 23.3. The lowest BCUT2D eigenvalue weighted by molar-refractivity contribution is -0.142. The third-order valence-electron chi connectivity index (χ3n) is 17.2. The normalized spacial score (nSPS) is 12.5. The molecule has 12 aromatic rings. The number of aryl methyl sites for hydroxylation is 10. The maximum Gasteiger partial charge on any atom is 0.417 e. The predicted octanol–water partition coefficient (Wildman–Crippen LogP) is 21.1. The Hall–Kier alpha value is -9.13. The molecule has 0 amide bonds. The number of aromatic nitrogens is 2. The highest BCUT2D eigenvalue weighted by atomic mass is 19.4. The first kappa shape index (κ1) is 53.2. The van der Waals surface area contributed by atoms with Crippen LogP contribution in [0, 0.1) is 80.6 Å². The van der Waals surface area contributed by atoms with Crippen LogP contribution in [0.2, 0.25) is 0 Å². The molecule has 0 atom stereocenters. The minimum atomic E-state index is -5.23. The Bertz CT molecular complexity index is 4810. The lowest BCUT2D eigenvalue weighted by atomic mass is 9.85. The molecule has 0 unspecified atom stereocenters. The summed E-state index contributed by atoms with van der Waals surface area (Å²) >= 11 is 0. The summed E-state index contributed by atoms with van der Waals surface area (Å²) in [6.45, 7) is 21.2. The first-order valence-electron chi connectivity index (χ1n) is 27.9. The molecular formula is C74H57F6N3.